The first-order valence-corrected chi connectivity index (χ1v) is 6.77. The second-order valence-corrected chi connectivity index (χ2v) is 5.85. The van der Waals surface area contributed by atoms with Crippen molar-refractivity contribution in [3.05, 3.63) is 0 Å². The highest BCUT2D eigenvalue weighted by Gasteiger charge is 2.45. The summed E-state index contributed by atoms with van der Waals surface area (Å²) in [5, 5.41) is 0. The van der Waals surface area contributed by atoms with E-state index in [0.29, 0.717) is 13.2 Å². The highest BCUT2D eigenvalue weighted by molar-refractivity contribution is 5.69. The lowest BCUT2D eigenvalue weighted by atomic mass is 10.1. The summed E-state index contributed by atoms with van der Waals surface area (Å²) in [4.78, 5) is 14.2. The van der Waals surface area contributed by atoms with Crippen LogP contribution in [0.5, 0.6) is 0 Å². The minimum Gasteiger partial charge on any atom is -0.443 e. The summed E-state index contributed by atoms with van der Waals surface area (Å²) in [6, 6.07) is 0.484. The number of fused-ring (bicyclic) bond motifs is 2. The van der Waals surface area contributed by atoms with Gasteiger partial charge >= 0.3 is 6.09 Å². The number of nitrogens with zero attached hydrogens (tertiary/aromatic N) is 1. The fraction of sp³-hybridized carbons (Fsp3) is 0.923. The molecule has 2 saturated heterocycles. The van der Waals surface area contributed by atoms with E-state index in [-0.39, 0.29) is 23.8 Å². The summed E-state index contributed by atoms with van der Waals surface area (Å²) in [5.74, 6) is 0. The average molecular weight is 239 g/mol. The number of hydrogen-bond acceptors (Lipinski definition) is 3. The van der Waals surface area contributed by atoms with Crippen LogP contribution in [0, 0.1) is 0 Å². The van der Waals surface area contributed by atoms with Crippen molar-refractivity contribution in [3.63, 3.8) is 0 Å². The summed E-state index contributed by atoms with van der Waals surface area (Å²) in [7, 11) is 0. The standard InChI is InChI=1S/C13H21NO3/c1-13(6-7-13)17-12(15)14-10-4-2-3-5-11(14)9-16-8-10/h10-11H,2-9H2,1H3. The van der Waals surface area contributed by atoms with Crippen LogP contribution >= 0.6 is 0 Å². The first-order valence-electron chi connectivity index (χ1n) is 6.77. The molecule has 0 aromatic heterocycles. The molecule has 2 atom stereocenters. The lowest BCUT2D eigenvalue weighted by Crippen LogP contribution is -2.54. The molecule has 0 N–H and O–H groups in total. The zero-order chi connectivity index (χ0) is 11.9. The second-order valence-electron chi connectivity index (χ2n) is 5.85. The molecule has 0 radical (unpaired) electrons. The van der Waals surface area contributed by atoms with Crippen LogP contribution in [0.3, 0.4) is 0 Å². The van der Waals surface area contributed by atoms with E-state index in [1.807, 2.05) is 11.8 Å². The Balaban J connectivity index is 1.72. The van der Waals surface area contributed by atoms with Crippen molar-refractivity contribution < 1.29 is 14.3 Å². The average Bonchev–Trinajstić information content (AvgIpc) is 3.02. The number of morpholine rings is 1. The van der Waals surface area contributed by atoms with Crippen LogP contribution in [-0.4, -0.2) is 41.9 Å². The Morgan fingerprint density at radius 1 is 1.24 bits per heavy atom. The molecule has 0 aromatic carbocycles. The monoisotopic (exact) mass is 239 g/mol. The Morgan fingerprint density at radius 2 is 1.82 bits per heavy atom. The first-order chi connectivity index (χ1) is 8.18. The van der Waals surface area contributed by atoms with E-state index in [4.69, 9.17) is 9.47 Å². The normalized spacial score (nSPS) is 35.0. The molecular weight excluding hydrogens is 218 g/mol. The number of hydrogen-bond donors (Lipinski definition) is 0. The molecule has 2 bridgehead atoms. The van der Waals surface area contributed by atoms with E-state index < -0.39 is 0 Å². The van der Waals surface area contributed by atoms with Crippen molar-refractivity contribution in [3.8, 4) is 0 Å². The summed E-state index contributed by atoms with van der Waals surface area (Å²) in [6.45, 7) is 3.39. The summed E-state index contributed by atoms with van der Waals surface area (Å²) >= 11 is 0. The van der Waals surface area contributed by atoms with Crippen molar-refractivity contribution in [2.75, 3.05) is 13.2 Å². The molecule has 2 aliphatic heterocycles. The minimum atomic E-state index is -0.168. The summed E-state index contributed by atoms with van der Waals surface area (Å²) in [6.07, 6.45) is 6.43. The third-order valence-electron chi connectivity index (χ3n) is 4.23. The smallest absolute Gasteiger partial charge is 0.410 e. The van der Waals surface area contributed by atoms with Gasteiger partial charge in [-0.2, -0.15) is 0 Å². The number of ether oxygens (including phenoxy) is 2. The zero-order valence-corrected chi connectivity index (χ0v) is 10.5. The van der Waals surface area contributed by atoms with Gasteiger partial charge in [0.1, 0.15) is 5.60 Å². The van der Waals surface area contributed by atoms with Crippen LogP contribution in [0.15, 0.2) is 0 Å². The number of rotatable bonds is 1. The lowest BCUT2D eigenvalue weighted by Gasteiger charge is -2.40. The number of carbonyl (C=O) groups is 1. The van der Waals surface area contributed by atoms with Crippen LogP contribution in [-0.2, 0) is 9.47 Å². The van der Waals surface area contributed by atoms with Gasteiger partial charge in [0, 0.05) is 0 Å². The van der Waals surface area contributed by atoms with Crippen molar-refractivity contribution in [2.24, 2.45) is 0 Å². The summed E-state index contributed by atoms with van der Waals surface area (Å²) in [5.41, 5.74) is -0.168. The van der Waals surface area contributed by atoms with Crippen molar-refractivity contribution >= 4 is 6.09 Å². The van der Waals surface area contributed by atoms with Gasteiger partial charge in [0.2, 0.25) is 0 Å². The molecule has 1 amide bonds. The largest absolute Gasteiger partial charge is 0.443 e. The topological polar surface area (TPSA) is 38.8 Å². The maximum atomic E-state index is 12.3. The molecule has 1 saturated carbocycles. The molecular formula is C13H21NO3. The van der Waals surface area contributed by atoms with Gasteiger partial charge in [0.15, 0.2) is 0 Å². The molecule has 2 heterocycles. The molecule has 4 heteroatoms. The van der Waals surface area contributed by atoms with E-state index in [1.54, 1.807) is 0 Å². The molecule has 1 aliphatic carbocycles. The Kier molecular flexibility index (Phi) is 2.77. The van der Waals surface area contributed by atoms with Gasteiger partial charge < -0.3 is 9.47 Å². The van der Waals surface area contributed by atoms with Crippen LogP contribution in [0.2, 0.25) is 0 Å². The Hall–Kier alpha value is -0.770. The quantitative estimate of drug-likeness (QED) is 0.705. The molecule has 3 rings (SSSR count). The van der Waals surface area contributed by atoms with E-state index in [0.717, 1.165) is 25.7 Å². The predicted octanol–water partition coefficient (Wildman–Crippen LogP) is 2.32. The van der Waals surface area contributed by atoms with Crippen LogP contribution < -0.4 is 0 Å². The highest BCUT2D eigenvalue weighted by Crippen LogP contribution is 2.40. The maximum absolute atomic E-state index is 12.3. The Bertz CT molecular complexity index is 300. The molecule has 0 aromatic rings. The molecule has 4 nitrogen and oxygen atoms in total. The Morgan fingerprint density at radius 3 is 2.35 bits per heavy atom. The van der Waals surface area contributed by atoms with E-state index in [2.05, 4.69) is 0 Å². The minimum absolute atomic E-state index is 0.106. The van der Waals surface area contributed by atoms with E-state index in [9.17, 15) is 4.79 Å². The van der Waals surface area contributed by atoms with Gasteiger partial charge in [0.25, 0.3) is 0 Å². The van der Waals surface area contributed by atoms with Gasteiger partial charge in [-0.25, -0.2) is 4.79 Å². The summed E-state index contributed by atoms with van der Waals surface area (Å²) < 4.78 is 11.2. The van der Waals surface area contributed by atoms with E-state index >= 15 is 0 Å². The highest BCUT2D eigenvalue weighted by atomic mass is 16.6. The lowest BCUT2D eigenvalue weighted by molar-refractivity contribution is -0.0506. The fourth-order valence-electron chi connectivity index (χ4n) is 2.84. The van der Waals surface area contributed by atoms with Crippen LogP contribution in [0.1, 0.15) is 45.4 Å². The van der Waals surface area contributed by atoms with Crippen LogP contribution in [0.4, 0.5) is 4.79 Å². The molecule has 3 fully saturated rings. The molecule has 0 spiro atoms. The predicted molar refractivity (Wildman–Crippen MR) is 62.8 cm³/mol. The fourth-order valence-corrected chi connectivity index (χ4v) is 2.84. The van der Waals surface area contributed by atoms with Crippen LogP contribution in [0.25, 0.3) is 0 Å². The molecule has 96 valence electrons. The molecule has 2 unspecified atom stereocenters. The van der Waals surface area contributed by atoms with Gasteiger partial charge in [-0.3, -0.25) is 4.90 Å². The Labute approximate surface area is 102 Å². The number of amides is 1. The third-order valence-corrected chi connectivity index (χ3v) is 4.23. The van der Waals surface area contributed by atoms with Gasteiger partial charge in [-0.05, 0) is 32.6 Å². The van der Waals surface area contributed by atoms with Crippen molar-refractivity contribution in [1.82, 2.24) is 4.90 Å². The maximum Gasteiger partial charge on any atom is 0.410 e. The molecule has 17 heavy (non-hydrogen) atoms. The number of carbonyl (C=O) groups excluding carboxylic acids is 1. The SMILES string of the molecule is CC1(OC(=O)N2C3CCCCC2COC3)CC1. The second kappa shape index (κ2) is 4.16. The van der Waals surface area contributed by atoms with Gasteiger partial charge in [-0.1, -0.05) is 12.8 Å². The van der Waals surface area contributed by atoms with Crippen molar-refractivity contribution in [1.29, 1.82) is 0 Å². The first kappa shape index (κ1) is 11.3. The zero-order valence-electron chi connectivity index (χ0n) is 10.5. The van der Waals surface area contributed by atoms with Gasteiger partial charge in [-0.15, -0.1) is 0 Å². The molecule has 3 aliphatic rings. The van der Waals surface area contributed by atoms with Gasteiger partial charge in [0.05, 0.1) is 25.3 Å². The third kappa shape index (κ3) is 2.28. The van der Waals surface area contributed by atoms with Crippen molar-refractivity contribution in [2.45, 2.75) is 63.1 Å². The van der Waals surface area contributed by atoms with E-state index in [1.165, 1.54) is 12.8 Å².